The van der Waals surface area contributed by atoms with Crippen LogP contribution in [-0.2, 0) is 4.74 Å². The molecule has 96 valence electrons. The van der Waals surface area contributed by atoms with Gasteiger partial charge in [0.05, 0.1) is 10.4 Å². The molecule has 0 aliphatic carbocycles. The summed E-state index contributed by atoms with van der Waals surface area (Å²) >= 11 is 7.31. The Balaban J connectivity index is 2.26. The van der Waals surface area contributed by atoms with E-state index >= 15 is 0 Å². The number of carbonyl (C=O) groups excluding carboxylic acids is 1. The maximum absolute atomic E-state index is 11.5. The maximum atomic E-state index is 11.5. The molecule has 1 atom stereocenters. The molecule has 0 saturated heterocycles. The zero-order chi connectivity index (χ0) is 12.7. The minimum absolute atomic E-state index is 0.0325. The molecule has 6 heteroatoms. The first kappa shape index (κ1) is 14.3. The monoisotopic (exact) mass is 276 g/mol. The molecule has 1 aromatic heterocycles. The largest absolute Gasteiger partial charge is 0.385 e. The van der Waals surface area contributed by atoms with Crippen molar-refractivity contribution < 1.29 is 9.53 Å². The molecule has 0 unspecified atom stereocenters. The number of hydrogen-bond acceptors (Lipinski definition) is 3. The topological polar surface area (TPSA) is 50.4 Å². The molecular weight excluding hydrogens is 260 g/mol. The van der Waals surface area contributed by atoms with Gasteiger partial charge in [0.25, 0.3) is 0 Å². The summed E-state index contributed by atoms with van der Waals surface area (Å²) in [4.78, 5) is 12.5. The molecule has 0 aromatic carbocycles. The van der Waals surface area contributed by atoms with Crippen molar-refractivity contribution in [3.05, 3.63) is 21.3 Å². The van der Waals surface area contributed by atoms with Crippen LogP contribution >= 0.6 is 22.9 Å². The Bertz CT molecular complexity index is 357. The van der Waals surface area contributed by atoms with E-state index in [1.807, 2.05) is 19.1 Å². The van der Waals surface area contributed by atoms with Gasteiger partial charge in [-0.3, -0.25) is 0 Å². The molecule has 0 radical (unpaired) electrons. The predicted molar refractivity (Wildman–Crippen MR) is 70.8 cm³/mol. The van der Waals surface area contributed by atoms with Gasteiger partial charge < -0.3 is 15.4 Å². The molecule has 0 bridgehead atoms. The van der Waals surface area contributed by atoms with Gasteiger partial charge in [-0.2, -0.15) is 0 Å². The lowest BCUT2D eigenvalue weighted by atomic mass is 10.3. The van der Waals surface area contributed by atoms with Gasteiger partial charge in [0.15, 0.2) is 0 Å². The average molecular weight is 277 g/mol. The normalized spacial score (nSPS) is 12.2. The Morgan fingerprint density at radius 2 is 2.35 bits per heavy atom. The van der Waals surface area contributed by atoms with Gasteiger partial charge in [-0.25, -0.2) is 4.79 Å². The zero-order valence-corrected chi connectivity index (χ0v) is 11.5. The number of halogens is 1. The Morgan fingerprint density at radius 3 is 2.94 bits per heavy atom. The third kappa shape index (κ3) is 5.39. The van der Waals surface area contributed by atoms with Crippen LogP contribution in [0.3, 0.4) is 0 Å². The highest BCUT2D eigenvalue weighted by atomic mass is 35.5. The minimum Gasteiger partial charge on any atom is -0.385 e. The Labute approximate surface area is 110 Å². The molecule has 0 saturated carbocycles. The summed E-state index contributed by atoms with van der Waals surface area (Å²) in [5, 5.41) is 5.61. The van der Waals surface area contributed by atoms with Crippen LogP contribution in [0.25, 0.3) is 0 Å². The number of ether oxygens (including phenoxy) is 1. The number of carbonyl (C=O) groups is 1. The van der Waals surface area contributed by atoms with E-state index in [4.69, 9.17) is 16.3 Å². The molecule has 2 amide bonds. The second-order valence-electron chi connectivity index (χ2n) is 3.61. The van der Waals surface area contributed by atoms with Crippen LogP contribution in [-0.4, -0.2) is 26.3 Å². The van der Waals surface area contributed by atoms with Crippen molar-refractivity contribution in [3.63, 3.8) is 0 Å². The molecule has 0 aliphatic rings. The van der Waals surface area contributed by atoms with E-state index in [-0.39, 0.29) is 12.1 Å². The maximum Gasteiger partial charge on any atom is 0.315 e. The van der Waals surface area contributed by atoms with Crippen molar-refractivity contribution in [2.45, 2.75) is 19.4 Å². The standard InChI is InChI=1S/C11H17ClN2O2S/c1-8(9-4-5-10(12)17-9)14-11(15)13-6-3-7-16-2/h4-5,8H,3,6-7H2,1-2H3,(H2,13,14,15)/t8-/m1/s1. The van der Waals surface area contributed by atoms with Crippen molar-refractivity contribution in [2.75, 3.05) is 20.3 Å². The fraction of sp³-hybridized carbons (Fsp3) is 0.545. The third-order valence-electron chi connectivity index (χ3n) is 2.18. The van der Waals surface area contributed by atoms with Crippen LogP contribution in [0.15, 0.2) is 12.1 Å². The van der Waals surface area contributed by atoms with E-state index in [2.05, 4.69) is 10.6 Å². The van der Waals surface area contributed by atoms with E-state index in [9.17, 15) is 4.79 Å². The van der Waals surface area contributed by atoms with Gasteiger partial charge in [-0.05, 0) is 25.5 Å². The van der Waals surface area contributed by atoms with Crippen molar-refractivity contribution >= 4 is 29.0 Å². The van der Waals surface area contributed by atoms with Crippen LogP contribution in [0.4, 0.5) is 4.79 Å². The fourth-order valence-corrected chi connectivity index (χ4v) is 2.36. The second-order valence-corrected chi connectivity index (χ2v) is 5.36. The van der Waals surface area contributed by atoms with Gasteiger partial charge in [0.1, 0.15) is 0 Å². The smallest absolute Gasteiger partial charge is 0.315 e. The number of thiophene rings is 1. The number of rotatable bonds is 6. The minimum atomic E-state index is -0.168. The first-order valence-electron chi connectivity index (χ1n) is 5.42. The first-order chi connectivity index (χ1) is 8.13. The van der Waals surface area contributed by atoms with Crippen molar-refractivity contribution in [1.82, 2.24) is 10.6 Å². The van der Waals surface area contributed by atoms with Crippen LogP contribution in [0.2, 0.25) is 4.34 Å². The summed E-state index contributed by atoms with van der Waals surface area (Å²) in [6.45, 7) is 3.19. The Morgan fingerprint density at radius 1 is 1.59 bits per heavy atom. The van der Waals surface area contributed by atoms with E-state index in [1.165, 1.54) is 11.3 Å². The van der Waals surface area contributed by atoms with Gasteiger partial charge in [0.2, 0.25) is 0 Å². The van der Waals surface area contributed by atoms with E-state index < -0.39 is 0 Å². The van der Waals surface area contributed by atoms with E-state index in [1.54, 1.807) is 7.11 Å². The summed E-state index contributed by atoms with van der Waals surface area (Å²) in [5.74, 6) is 0. The van der Waals surface area contributed by atoms with Crippen LogP contribution in [0.5, 0.6) is 0 Å². The number of amides is 2. The highest BCUT2D eigenvalue weighted by molar-refractivity contribution is 7.16. The molecule has 1 aromatic rings. The van der Waals surface area contributed by atoms with E-state index in [0.717, 1.165) is 15.6 Å². The summed E-state index contributed by atoms with van der Waals surface area (Å²) < 4.78 is 5.62. The summed E-state index contributed by atoms with van der Waals surface area (Å²) in [6, 6.07) is 3.55. The zero-order valence-electron chi connectivity index (χ0n) is 9.96. The highest BCUT2D eigenvalue weighted by Gasteiger charge is 2.10. The van der Waals surface area contributed by atoms with Gasteiger partial charge in [0, 0.05) is 25.1 Å². The van der Waals surface area contributed by atoms with Crippen molar-refractivity contribution in [2.24, 2.45) is 0 Å². The molecule has 17 heavy (non-hydrogen) atoms. The molecule has 0 spiro atoms. The lowest BCUT2D eigenvalue weighted by Gasteiger charge is -2.13. The van der Waals surface area contributed by atoms with Crippen LogP contribution < -0.4 is 10.6 Å². The summed E-state index contributed by atoms with van der Waals surface area (Å²) in [6.07, 6.45) is 0.809. The molecule has 1 rings (SSSR count). The molecule has 1 heterocycles. The molecular formula is C11H17ClN2O2S. The van der Waals surface area contributed by atoms with Gasteiger partial charge in [-0.15, -0.1) is 11.3 Å². The number of hydrogen-bond donors (Lipinski definition) is 2. The molecule has 0 aliphatic heterocycles. The number of methoxy groups -OCH3 is 1. The summed E-state index contributed by atoms with van der Waals surface area (Å²) in [5.41, 5.74) is 0. The first-order valence-corrected chi connectivity index (χ1v) is 6.61. The lowest BCUT2D eigenvalue weighted by molar-refractivity contribution is 0.193. The van der Waals surface area contributed by atoms with Crippen LogP contribution in [0.1, 0.15) is 24.3 Å². The molecule has 4 nitrogen and oxygen atoms in total. The lowest BCUT2D eigenvalue weighted by Crippen LogP contribution is -2.37. The Kier molecular flexibility index (Phi) is 6.32. The van der Waals surface area contributed by atoms with Crippen molar-refractivity contribution in [1.29, 1.82) is 0 Å². The SMILES string of the molecule is COCCCNC(=O)N[C@H](C)c1ccc(Cl)s1. The van der Waals surface area contributed by atoms with Crippen molar-refractivity contribution in [3.8, 4) is 0 Å². The highest BCUT2D eigenvalue weighted by Crippen LogP contribution is 2.26. The van der Waals surface area contributed by atoms with Gasteiger partial charge in [-0.1, -0.05) is 11.6 Å². The average Bonchev–Trinajstić information content (AvgIpc) is 2.71. The second kappa shape index (κ2) is 7.53. The van der Waals surface area contributed by atoms with Gasteiger partial charge >= 0.3 is 6.03 Å². The van der Waals surface area contributed by atoms with E-state index in [0.29, 0.717) is 13.2 Å². The Hall–Kier alpha value is -0.780. The summed E-state index contributed by atoms with van der Waals surface area (Å²) in [7, 11) is 1.64. The number of nitrogens with one attached hydrogen (secondary N) is 2. The van der Waals surface area contributed by atoms with Crippen LogP contribution in [0, 0.1) is 0 Å². The number of urea groups is 1. The fourth-order valence-electron chi connectivity index (χ4n) is 1.30. The third-order valence-corrected chi connectivity index (χ3v) is 3.59. The molecule has 2 N–H and O–H groups in total. The quantitative estimate of drug-likeness (QED) is 0.785. The molecule has 0 fully saturated rings. The predicted octanol–water partition coefficient (Wildman–Crippen LogP) is 2.80.